The summed E-state index contributed by atoms with van der Waals surface area (Å²) in [5.74, 6) is 1.43. The Bertz CT molecular complexity index is 409. The molecule has 0 aliphatic heterocycles. The third-order valence-electron chi connectivity index (χ3n) is 2.18. The van der Waals surface area contributed by atoms with Crippen LogP contribution in [0.5, 0.6) is 0 Å². The Balaban J connectivity index is 1.80. The van der Waals surface area contributed by atoms with Gasteiger partial charge in [0, 0.05) is 13.5 Å². The number of aryl methyl sites for hydroxylation is 1. The van der Waals surface area contributed by atoms with Gasteiger partial charge in [-0.3, -0.25) is 0 Å². The number of rotatable bonds is 4. The zero-order valence-electron chi connectivity index (χ0n) is 8.73. The average molecular weight is 202 g/mol. The molecule has 15 heavy (non-hydrogen) atoms. The van der Waals surface area contributed by atoms with E-state index in [1.807, 2.05) is 25.1 Å². The molecule has 0 aliphatic rings. The summed E-state index contributed by atoms with van der Waals surface area (Å²) in [6.07, 6.45) is 2.70. The summed E-state index contributed by atoms with van der Waals surface area (Å²) in [6, 6.07) is 10.4. The molecule has 0 bridgehead atoms. The van der Waals surface area contributed by atoms with Crippen LogP contribution in [0.1, 0.15) is 11.5 Å². The van der Waals surface area contributed by atoms with Crippen molar-refractivity contribution in [1.29, 1.82) is 0 Å². The summed E-state index contributed by atoms with van der Waals surface area (Å²) < 4.78 is 5.30. The van der Waals surface area contributed by atoms with Crippen LogP contribution in [0, 0.1) is 6.92 Å². The van der Waals surface area contributed by atoms with Crippen molar-refractivity contribution in [3.8, 4) is 0 Å². The summed E-state index contributed by atoms with van der Waals surface area (Å²) in [5, 5.41) is 3.18. The van der Waals surface area contributed by atoms with Crippen LogP contribution in [-0.2, 0) is 6.42 Å². The molecule has 0 saturated carbocycles. The SMILES string of the molecule is Cc1ncc(NCCc2ccccc2)o1. The van der Waals surface area contributed by atoms with E-state index in [-0.39, 0.29) is 0 Å². The van der Waals surface area contributed by atoms with Crippen molar-refractivity contribution < 1.29 is 4.42 Å². The average Bonchev–Trinajstić information content (AvgIpc) is 2.66. The summed E-state index contributed by atoms with van der Waals surface area (Å²) in [5.41, 5.74) is 1.32. The smallest absolute Gasteiger partial charge is 0.213 e. The first-order valence-electron chi connectivity index (χ1n) is 5.05. The Kier molecular flexibility index (Phi) is 3.02. The normalized spacial score (nSPS) is 10.2. The quantitative estimate of drug-likeness (QED) is 0.828. The number of benzene rings is 1. The zero-order valence-corrected chi connectivity index (χ0v) is 8.73. The van der Waals surface area contributed by atoms with Gasteiger partial charge >= 0.3 is 0 Å². The topological polar surface area (TPSA) is 38.1 Å². The summed E-state index contributed by atoms with van der Waals surface area (Å²) in [6.45, 7) is 2.70. The molecule has 0 radical (unpaired) electrons. The maximum absolute atomic E-state index is 5.30. The van der Waals surface area contributed by atoms with E-state index in [1.165, 1.54) is 5.56 Å². The zero-order chi connectivity index (χ0) is 10.5. The lowest BCUT2D eigenvalue weighted by atomic mass is 10.1. The Morgan fingerprint density at radius 3 is 2.73 bits per heavy atom. The number of hydrogen-bond acceptors (Lipinski definition) is 3. The van der Waals surface area contributed by atoms with Crippen LogP contribution in [0.25, 0.3) is 0 Å². The van der Waals surface area contributed by atoms with Gasteiger partial charge in [-0.15, -0.1) is 0 Å². The maximum Gasteiger partial charge on any atom is 0.213 e. The van der Waals surface area contributed by atoms with Crippen LogP contribution in [-0.4, -0.2) is 11.5 Å². The monoisotopic (exact) mass is 202 g/mol. The summed E-state index contributed by atoms with van der Waals surface area (Å²) in [7, 11) is 0. The van der Waals surface area contributed by atoms with Gasteiger partial charge in [0.25, 0.3) is 0 Å². The highest BCUT2D eigenvalue weighted by molar-refractivity contribution is 5.27. The fraction of sp³-hybridized carbons (Fsp3) is 0.250. The first-order valence-corrected chi connectivity index (χ1v) is 5.05. The van der Waals surface area contributed by atoms with Crippen molar-refractivity contribution in [1.82, 2.24) is 4.98 Å². The molecule has 0 fully saturated rings. The largest absolute Gasteiger partial charge is 0.426 e. The van der Waals surface area contributed by atoms with Crippen LogP contribution in [0.2, 0.25) is 0 Å². The van der Waals surface area contributed by atoms with Gasteiger partial charge in [-0.25, -0.2) is 4.98 Å². The summed E-state index contributed by atoms with van der Waals surface area (Å²) in [4.78, 5) is 4.01. The van der Waals surface area contributed by atoms with E-state index in [0.717, 1.165) is 18.8 Å². The molecular formula is C12H14N2O. The van der Waals surface area contributed by atoms with E-state index >= 15 is 0 Å². The molecule has 78 valence electrons. The fourth-order valence-electron chi connectivity index (χ4n) is 1.42. The third-order valence-corrected chi connectivity index (χ3v) is 2.18. The number of aromatic nitrogens is 1. The Morgan fingerprint density at radius 2 is 2.07 bits per heavy atom. The first-order chi connectivity index (χ1) is 7.34. The molecule has 0 unspecified atom stereocenters. The molecule has 0 spiro atoms. The lowest BCUT2D eigenvalue weighted by Gasteiger charge is -2.02. The van der Waals surface area contributed by atoms with Crippen molar-refractivity contribution in [2.75, 3.05) is 11.9 Å². The van der Waals surface area contributed by atoms with Gasteiger partial charge in [0.15, 0.2) is 5.89 Å². The molecule has 1 aromatic carbocycles. The second kappa shape index (κ2) is 4.64. The van der Waals surface area contributed by atoms with Crippen molar-refractivity contribution in [2.45, 2.75) is 13.3 Å². The molecule has 0 atom stereocenters. The maximum atomic E-state index is 5.30. The van der Waals surface area contributed by atoms with Crippen LogP contribution in [0.15, 0.2) is 40.9 Å². The Hall–Kier alpha value is -1.77. The molecule has 0 amide bonds. The number of oxazole rings is 1. The lowest BCUT2D eigenvalue weighted by Crippen LogP contribution is -2.03. The second-order valence-corrected chi connectivity index (χ2v) is 3.41. The van der Waals surface area contributed by atoms with Gasteiger partial charge in [-0.1, -0.05) is 30.3 Å². The van der Waals surface area contributed by atoms with Crippen molar-refractivity contribution in [3.63, 3.8) is 0 Å². The Labute approximate surface area is 89.1 Å². The Morgan fingerprint density at radius 1 is 1.27 bits per heavy atom. The highest BCUT2D eigenvalue weighted by Crippen LogP contribution is 2.08. The molecule has 3 heteroatoms. The molecule has 2 rings (SSSR count). The molecular weight excluding hydrogens is 188 g/mol. The lowest BCUT2D eigenvalue weighted by molar-refractivity contribution is 0.532. The van der Waals surface area contributed by atoms with E-state index in [0.29, 0.717) is 5.89 Å². The molecule has 0 saturated heterocycles. The molecule has 1 N–H and O–H groups in total. The molecule has 1 heterocycles. The predicted molar refractivity (Wildman–Crippen MR) is 59.9 cm³/mol. The van der Waals surface area contributed by atoms with E-state index in [1.54, 1.807) is 6.20 Å². The predicted octanol–water partition coefficient (Wildman–Crippen LogP) is 2.64. The summed E-state index contributed by atoms with van der Waals surface area (Å²) >= 11 is 0. The van der Waals surface area contributed by atoms with Crippen molar-refractivity contribution in [2.24, 2.45) is 0 Å². The highest BCUT2D eigenvalue weighted by atomic mass is 16.4. The molecule has 1 aromatic heterocycles. The fourth-order valence-corrected chi connectivity index (χ4v) is 1.42. The minimum absolute atomic E-state index is 0.692. The van der Waals surface area contributed by atoms with Crippen molar-refractivity contribution >= 4 is 5.88 Å². The highest BCUT2D eigenvalue weighted by Gasteiger charge is 1.97. The van der Waals surface area contributed by atoms with Gasteiger partial charge in [-0.05, 0) is 12.0 Å². The van der Waals surface area contributed by atoms with Crippen LogP contribution >= 0.6 is 0 Å². The van der Waals surface area contributed by atoms with Gasteiger partial charge in [0.05, 0.1) is 6.20 Å². The van der Waals surface area contributed by atoms with Gasteiger partial charge in [-0.2, -0.15) is 0 Å². The van der Waals surface area contributed by atoms with Gasteiger partial charge in [0.2, 0.25) is 5.88 Å². The number of hydrogen-bond donors (Lipinski definition) is 1. The van der Waals surface area contributed by atoms with E-state index < -0.39 is 0 Å². The van der Waals surface area contributed by atoms with Crippen LogP contribution in [0.4, 0.5) is 5.88 Å². The van der Waals surface area contributed by atoms with Crippen LogP contribution in [0.3, 0.4) is 0 Å². The minimum Gasteiger partial charge on any atom is -0.426 e. The number of nitrogens with one attached hydrogen (secondary N) is 1. The third kappa shape index (κ3) is 2.84. The van der Waals surface area contributed by atoms with E-state index in [2.05, 4.69) is 22.4 Å². The van der Waals surface area contributed by atoms with Crippen LogP contribution < -0.4 is 5.32 Å². The van der Waals surface area contributed by atoms with Crippen molar-refractivity contribution in [3.05, 3.63) is 48.0 Å². The second-order valence-electron chi connectivity index (χ2n) is 3.41. The molecule has 3 nitrogen and oxygen atoms in total. The van der Waals surface area contributed by atoms with Gasteiger partial charge < -0.3 is 9.73 Å². The van der Waals surface area contributed by atoms with Gasteiger partial charge in [0.1, 0.15) is 0 Å². The number of nitrogens with zero attached hydrogens (tertiary/aromatic N) is 1. The molecule has 0 aliphatic carbocycles. The minimum atomic E-state index is 0.692. The molecule has 2 aromatic rings. The van der Waals surface area contributed by atoms with E-state index in [4.69, 9.17) is 4.42 Å². The standard InChI is InChI=1S/C12H14N2O/c1-10-14-9-12(15-10)13-8-7-11-5-3-2-4-6-11/h2-6,9,13H,7-8H2,1H3. The van der Waals surface area contributed by atoms with E-state index in [9.17, 15) is 0 Å². The first kappa shape index (κ1) is 9.77. The number of anilines is 1.